The Morgan fingerprint density at radius 3 is 2.52 bits per heavy atom. The first-order valence-corrected chi connectivity index (χ1v) is 8.41. The summed E-state index contributed by atoms with van der Waals surface area (Å²) < 4.78 is 2.01. The Morgan fingerprint density at radius 2 is 1.86 bits per heavy atom. The van der Waals surface area contributed by atoms with E-state index in [9.17, 15) is 0 Å². The fourth-order valence-electron chi connectivity index (χ4n) is 1.98. The van der Waals surface area contributed by atoms with E-state index < -0.39 is 0 Å². The third-order valence-electron chi connectivity index (χ3n) is 3.08. The van der Waals surface area contributed by atoms with Crippen LogP contribution in [-0.4, -0.2) is 17.0 Å². The smallest absolute Gasteiger partial charge is 0.139 e. The van der Waals surface area contributed by atoms with Gasteiger partial charge in [-0.3, -0.25) is 0 Å². The molecular weight excluding hydrogens is 396 g/mol. The van der Waals surface area contributed by atoms with E-state index in [1.54, 1.807) is 0 Å². The van der Waals surface area contributed by atoms with Crippen LogP contribution >= 0.6 is 31.9 Å². The Bertz CT molecular complexity index is 644. The fraction of sp³-hybridized carbons (Fsp3) is 0.333. The van der Waals surface area contributed by atoms with Crippen LogP contribution in [0.2, 0.25) is 0 Å². The molecule has 2 N–H and O–H groups in total. The highest BCUT2D eigenvalue weighted by Gasteiger charge is 2.11. The van der Waals surface area contributed by atoms with Crippen molar-refractivity contribution in [3.63, 3.8) is 0 Å². The quantitative estimate of drug-likeness (QED) is 0.720. The Morgan fingerprint density at radius 1 is 1.14 bits per heavy atom. The molecule has 2 aromatic rings. The average molecular weight is 414 g/mol. The molecule has 0 saturated carbocycles. The molecule has 1 aromatic carbocycles. The maximum Gasteiger partial charge on any atom is 0.139 e. The van der Waals surface area contributed by atoms with Crippen molar-refractivity contribution in [3.05, 3.63) is 38.5 Å². The van der Waals surface area contributed by atoms with E-state index in [0.717, 1.165) is 50.5 Å². The lowest BCUT2D eigenvalue weighted by molar-refractivity contribution is 0.835. The SMILES string of the molecule is CCCc1nc(NC)c(C)c(Nc2cc(Br)ccc2Br)n1. The summed E-state index contributed by atoms with van der Waals surface area (Å²) in [6.07, 6.45) is 1.88. The van der Waals surface area contributed by atoms with Crippen LogP contribution in [-0.2, 0) is 6.42 Å². The Hall–Kier alpha value is -1.14. The third kappa shape index (κ3) is 3.95. The van der Waals surface area contributed by atoms with Crippen LogP contribution in [0.4, 0.5) is 17.3 Å². The van der Waals surface area contributed by atoms with Gasteiger partial charge in [0, 0.05) is 28.0 Å². The molecule has 0 aliphatic carbocycles. The predicted octanol–water partition coefficient (Wildman–Crippen LogP) is 5.05. The third-order valence-corrected chi connectivity index (χ3v) is 4.27. The fourth-order valence-corrected chi connectivity index (χ4v) is 2.69. The van der Waals surface area contributed by atoms with Crippen molar-refractivity contribution in [2.24, 2.45) is 0 Å². The predicted molar refractivity (Wildman–Crippen MR) is 95.4 cm³/mol. The number of anilines is 3. The normalized spacial score (nSPS) is 10.5. The van der Waals surface area contributed by atoms with Gasteiger partial charge in [-0.1, -0.05) is 22.9 Å². The maximum atomic E-state index is 4.64. The van der Waals surface area contributed by atoms with Gasteiger partial charge < -0.3 is 10.6 Å². The van der Waals surface area contributed by atoms with Crippen molar-refractivity contribution in [1.82, 2.24) is 9.97 Å². The highest BCUT2D eigenvalue weighted by molar-refractivity contribution is 9.11. The lowest BCUT2D eigenvalue weighted by Gasteiger charge is -2.14. The molecule has 0 atom stereocenters. The zero-order chi connectivity index (χ0) is 15.4. The number of halogens is 2. The number of nitrogens with one attached hydrogen (secondary N) is 2. The summed E-state index contributed by atoms with van der Waals surface area (Å²) in [5, 5.41) is 6.52. The van der Waals surface area contributed by atoms with Crippen molar-refractivity contribution in [1.29, 1.82) is 0 Å². The largest absolute Gasteiger partial charge is 0.373 e. The van der Waals surface area contributed by atoms with Crippen LogP contribution in [0, 0.1) is 6.92 Å². The molecule has 1 aromatic heterocycles. The van der Waals surface area contributed by atoms with Gasteiger partial charge in [-0.2, -0.15) is 0 Å². The van der Waals surface area contributed by atoms with E-state index in [4.69, 9.17) is 0 Å². The van der Waals surface area contributed by atoms with E-state index in [2.05, 4.69) is 59.4 Å². The number of benzene rings is 1. The van der Waals surface area contributed by atoms with Gasteiger partial charge in [-0.05, 0) is 47.5 Å². The molecular formula is C15H18Br2N4. The van der Waals surface area contributed by atoms with Crippen molar-refractivity contribution in [2.75, 3.05) is 17.7 Å². The van der Waals surface area contributed by atoms with Gasteiger partial charge in [0.15, 0.2) is 0 Å². The van der Waals surface area contributed by atoms with E-state index in [1.165, 1.54) is 0 Å². The molecule has 0 aliphatic rings. The maximum absolute atomic E-state index is 4.64. The molecule has 0 radical (unpaired) electrons. The number of rotatable bonds is 5. The van der Waals surface area contributed by atoms with Crippen molar-refractivity contribution >= 4 is 49.2 Å². The number of hydrogen-bond acceptors (Lipinski definition) is 4. The minimum atomic E-state index is 0.830. The highest BCUT2D eigenvalue weighted by atomic mass is 79.9. The molecule has 6 heteroatoms. The highest BCUT2D eigenvalue weighted by Crippen LogP contribution is 2.30. The molecule has 0 fully saturated rings. The van der Waals surface area contributed by atoms with Gasteiger partial charge in [0.1, 0.15) is 17.5 Å². The van der Waals surface area contributed by atoms with Crippen molar-refractivity contribution in [3.8, 4) is 0 Å². The first-order valence-electron chi connectivity index (χ1n) is 6.82. The molecule has 0 bridgehead atoms. The van der Waals surface area contributed by atoms with Crippen molar-refractivity contribution in [2.45, 2.75) is 26.7 Å². The molecule has 0 saturated heterocycles. The summed E-state index contributed by atoms with van der Waals surface area (Å²) in [5.41, 5.74) is 1.97. The lowest BCUT2D eigenvalue weighted by atomic mass is 10.2. The summed E-state index contributed by atoms with van der Waals surface area (Å²) in [7, 11) is 1.88. The van der Waals surface area contributed by atoms with Gasteiger partial charge in [0.25, 0.3) is 0 Å². The second-order valence-electron chi connectivity index (χ2n) is 4.71. The lowest BCUT2D eigenvalue weighted by Crippen LogP contribution is -2.07. The number of aryl methyl sites for hydroxylation is 1. The molecule has 0 amide bonds. The Labute approximate surface area is 142 Å². The van der Waals surface area contributed by atoms with Crippen LogP contribution in [0.25, 0.3) is 0 Å². The monoisotopic (exact) mass is 412 g/mol. The van der Waals surface area contributed by atoms with E-state index in [-0.39, 0.29) is 0 Å². The Balaban J connectivity index is 2.42. The van der Waals surface area contributed by atoms with Crippen LogP contribution < -0.4 is 10.6 Å². The first kappa shape index (κ1) is 16.2. The van der Waals surface area contributed by atoms with E-state index >= 15 is 0 Å². The average Bonchev–Trinajstić information content (AvgIpc) is 2.46. The van der Waals surface area contributed by atoms with Gasteiger partial charge >= 0.3 is 0 Å². The zero-order valence-electron chi connectivity index (χ0n) is 12.3. The summed E-state index contributed by atoms with van der Waals surface area (Å²) in [5.74, 6) is 2.54. The van der Waals surface area contributed by atoms with Gasteiger partial charge in [-0.15, -0.1) is 0 Å². The summed E-state index contributed by atoms with van der Waals surface area (Å²) in [4.78, 5) is 9.18. The van der Waals surface area contributed by atoms with Gasteiger partial charge in [0.05, 0.1) is 5.69 Å². The van der Waals surface area contributed by atoms with Gasteiger partial charge in [-0.25, -0.2) is 9.97 Å². The van der Waals surface area contributed by atoms with E-state index in [0.29, 0.717) is 0 Å². The van der Waals surface area contributed by atoms with E-state index in [1.807, 2.05) is 32.2 Å². The molecule has 0 unspecified atom stereocenters. The first-order chi connectivity index (χ1) is 10.0. The second kappa shape index (κ2) is 7.22. The zero-order valence-corrected chi connectivity index (χ0v) is 15.5. The topological polar surface area (TPSA) is 49.8 Å². The molecule has 2 rings (SSSR count). The molecule has 0 spiro atoms. The molecule has 0 aliphatic heterocycles. The van der Waals surface area contributed by atoms with Crippen LogP contribution in [0.3, 0.4) is 0 Å². The summed E-state index contributed by atoms with van der Waals surface area (Å²) in [6, 6.07) is 6.00. The van der Waals surface area contributed by atoms with Crippen LogP contribution in [0.15, 0.2) is 27.1 Å². The number of nitrogens with zero attached hydrogens (tertiary/aromatic N) is 2. The second-order valence-corrected chi connectivity index (χ2v) is 6.48. The molecule has 112 valence electrons. The number of aromatic nitrogens is 2. The molecule has 21 heavy (non-hydrogen) atoms. The minimum Gasteiger partial charge on any atom is -0.373 e. The molecule has 4 nitrogen and oxygen atoms in total. The van der Waals surface area contributed by atoms with Gasteiger partial charge in [0.2, 0.25) is 0 Å². The van der Waals surface area contributed by atoms with Crippen molar-refractivity contribution < 1.29 is 0 Å². The van der Waals surface area contributed by atoms with Crippen LogP contribution in [0.5, 0.6) is 0 Å². The number of hydrogen-bond donors (Lipinski definition) is 2. The van der Waals surface area contributed by atoms with Crippen LogP contribution in [0.1, 0.15) is 24.7 Å². The standard InChI is InChI=1S/C15H18Br2N4/c1-4-5-13-20-14(18-3)9(2)15(21-13)19-12-8-10(16)6-7-11(12)17/h6-8H,4-5H2,1-3H3,(H2,18,19,20,21). The Kier molecular flexibility index (Phi) is 5.58. The summed E-state index contributed by atoms with van der Waals surface area (Å²) >= 11 is 7.04. The summed E-state index contributed by atoms with van der Waals surface area (Å²) in [6.45, 7) is 4.13. The minimum absolute atomic E-state index is 0.830. The molecule has 1 heterocycles.